The number of nitriles is 1. The molecule has 2 aromatic rings. The third-order valence-corrected chi connectivity index (χ3v) is 3.20. The fraction of sp³-hybridized carbons (Fsp3) is 0.235. The number of para-hydroxylation sites is 1. The van der Waals surface area contributed by atoms with Crippen LogP contribution in [0.4, 0.5) is 5.69 Å². The van der Waals surface area contributed by atoms with Gasteiger partial charge < -0.3 is 5.32 Å². The highest BCUT2D eigenvalue weighted by molar-refractivity contribution is 5.77. The second-order valence-corrected chi connectivity index (χ2v) is 4.52. The molecule has 0 aliphatic heterocycles. The van der Waals surface area contributed by atoms with Crippen molar-refractivity contribution in [2.75, 3.05) is 5.32 Å². The molecule has 96 valence electrons. The first-order valence-corrected chi connectivity index (χ1v) is 6.63. The van der Waals surface area contributed by atoms with Crippen molar-refractivity contribution in [1.29, 1.82) is 5.26 Å². The Labute approximate surface area is 114 Å². The molecule has 0 radical (unpaired) electrons. The zero-order chi connectivity index (χ0) is 13.5. The van der Waals surface area contributed by atoms with Crippen LogP contribution in [0.25, 0.3) is 11.1 Å². The fourth-order valence-corrected chi connectivity index (χ4v) is 2.11. The lowest BCUT2D eigenvalue weighted by molar-refractivity contribution is 0.711. The van der Waals surface area contributed by atoms with Gasteiger partial charge in [0.05, 0.1) is 12.5 Å². The van der Waals surface area contributed by atoms with Gasteiger partial charge in [0.2, 0.25) is 0 Å². The van der Waals surface area contributed by atoms with E-state index >= 15 is 0 Å². The number of benzene rings is 2. The normalized spacial score (nSPS) is 11.6. The molecule has 2 aromatic carbocycles. The Morgan fingerprint density at radius 3 is 2.42 bits per heavy atom. The summed E-state index contributed by atoms with van der Waals surface area (Å²) in [5, 5.41) is 12.3. The van der Waals surface area contributed by atoms with Crippen LogP contribution in [-0.4, -0.2) is 6.04 Å². The maximum Gasteiger partial charge on any atom is 0.0643 e. The number of hydrogen-bond donors (Lipinski definition) is 1. The largest absolute Gasteiger partial charge is 0.381 e. The van der Waals surface area contributed by atoms with Gasteiger partial charge in [-0.3, -0.25) is 0 Å². The smallest absolute Gasteiger partial charge is 0.0643 e. The third-order valence-electron chi connectivity index (χ3n) is 3.20. The molecule has 0 amide bonds. The number of nitrogens with one attached hydrogen (secondary N) is 1. The minimum absolute atomic E-state index is 0.204. The van der Waals surface area contributed by atoms with E-state index in [0.717, 1.165) is 12.1 Å². The summed E-state index contributed by atoms with van der Waals surface area (Å²) in [5.74, 6) is 0. The van der Waals surface area contributed by atoms with Crippen molar-refractivity contribution in [2.24, 2.45) is 0 Å². The van der Waals surface area contributed by atoms with E-state index in [4.69, 9.17) is 5.26 Å². The molecule has 2 heteroatoms. The van der Waals surface area contributed by atoms with Crippen LogP contribution in [0, 0.1) is 11.3 Å². The summed E-state index contributed by atoms with van der Waals surface area (Å²) in [6, 6.07) is 21.0. The Bertz CT molecular complexity index is 555. The topological polar surface area (TPSA) is 35.8 Å². The number of nitrogens with zero attached hydrogens (tertiary/aromatic N) is 1. The Hall–Kier alpha value is -2.27. The maximum atomic E-state index is 8.84. The zero-order valence-corrected chi connectivity index (χ0v) is 11.1. The van der Waals surface area contributed by atoms with Crippen molar-refractivity contribution in [1.82, 2.24) is 0 Å². The van der Waals surface area contributed by atoms with Gasteiger partial charge in [-0.25, -0.2) is 0 Å². The summed E-state index contributed by atoms with van der Waals surface area (Å²) in [6.45, 7) is 2.10. The van der Waals surface area contributed by atoms with Crippen molar-refractivity contribution < 1.29 is 0 Å². The Morgan fingerprint density at radius 2 is 1.74 bits per heavy atom. The maximum absolute atomic E-state index is 8.84. The lowest BCUT2D eigenvalue weighted by Crippen LogP contribution is -2.18. The van der Waals surface area contributed by atoms with Crippen LogP contribution >= 0.6 is 0 Å². The number of hydrogen-bond acceptors (Lipinski definition) is 2. The van der Waals surface area contributed by atoms with Crippen molar-refractivity contribution in [3.63, 3.8) is 0 Å². The van der Waals surface area contributed by atoms with E-state index < -0.39 is 0 Å². The van der Waals surface area contributed by atoms with Gasteiger partial charge in [0.25, 0.3) is 0 Å². The summed E-state index contributed by atoms with van der Waals surface area (Å²) in [4.78, 5) is 0. The molecule has 0 aliphatic rings. The van der Waals surface area contributed by atoms with Gasteiger partial charge in [-0.15, -0.1) is 0 Å². The molecule has 0 saturated carbocycles. The van der Waals surface area contributed by atoms with Crippen LogP contribution in [0.5, 0.6) is 0 Å². The van der Waals surface area contributed by atoms with Gasteiger partial charge in [-0.05, 0) is 18.1 Å². The van der Waals surface area contributed by atoms with E-state index in [1.807, 2.05) is 30.3 Å². The van der Waals surface area contributed by atoms with Crippen molar-refractivity contribution >= 4 is 5.69 Å². The molecule has 0 aromatic heterocycles. The predicted octanol–water partition coefficient (Wildman–Crippen LogP) is 4.46. The predicted molar refractivity (Wildman–Crippen MR) is 79.8 cm³/mol. The molecule has 0 saturated heterocycles. The average Bonchev–Trinajstić information content (AvgIpc) is 2.48. The summed E-state index contributed by atoms with van der Waals surface area (Å²) >= 11 is 0. The molecule has 1 unspecified atom stereocenters. The SMILES string of the molecule is CCC(CC#N)Nc1ccccc1-c1ccccc1. The molecular formula is C17H18N2. The van der Waals surface area contributed by atoms with Crippen molar-refractivity contribution in [2.45, 2.75) is 25.8 Å². The molecule has 0 aliphatic carbocycles. The molecule has 2 nitrogen and oxygen atoms in total. The standard InChI is InChI=1S/C17H18N2/c1-2-15(12-13-18)19-17-11-7-6-10-16(17)14-8-4-3-5-9-14/h3-11,15,19H,2,12H2,1H3. The van der Waals surface area contributed by atoms with E-state index in [2.05, 4.69) is 42.6 Å². The minimum Gasteiger partial charge on any atom is -0.381 e. The molecule has 0 heterocycles. The second kappa shape index (κ2) is 6.61. The average molecular weight is 250 g/mol. The number of anilines is 1. The van der Waals surface area contributed by atoms with Gasteiger partial charge in [-0.2, -0.15) is 5.26 Å². The molecule has 0 fully saturated rings. The summed E-state index contributed by atoms with van der Waals surface area (Å²) in [6.07, 6.45) is 1.47. The second-order valence-electron chi connectivity index (χ2n) is 4.52. The van der Waals surface area contributed by atoms with Crippen molar-refractivity contribution in [3.8, 4) is 17.2 Å². The Kier molecular flexibility index (Phi) is 4.58. The third kappa shape index (κ3) is 3.35. The van der Waals surface area contributed by atoms with E-state index in [-0.39, 0.29) is 6.04 Å². The van der Waals surface area contributed by atoms with E-state index in [0.29, 0.717) is 6.42 Å². The highest BCUT2D eigenvalue weighted by Crippen LogP contribution is 2.28. The highest BCUT2D eigenvalue weighted by Gasteiger charge is 2.09. The van der Waals surface area contributed by atoms with Crippen LogP contribution < -0.4 is 5.32 Å². The number of rotatable bonds is 5. The molecule has 0 bridgehead atoms. The molecule has 1 N–H and O–H groups in total. The van der Waals surface area contributed by atoms with Crippen LogP contribution in [0.3, 0.4) is 0 Å². The summed E-state index contributed by atoms with van der Waals surface area (Å²) in [7, 11) is 0. The highest BCUT2D eigenvalue weighted by atomic mass is 14.9. The molecule has 0 spiro atoms. The quantitative estimate of drug-likeness (QED) is 0.850. The van der Waals surface area contributed by atoms with Crippen LogP contribution in [0.1, 0.15) is 19.8 Å². The molecule has 19 heavy (non-hydrogen) atoms. The zero-order valence-electron chi connectivity index (χ0n) is 11.1. The summed E-state index contributed by atoms with van der Waals surface area (Å²) < 4.78 is 0. The monoisotopic (exact) mass is 250 g/mol. The lowest BCUT2D eigenvalue weighted by Gasteiger charge is -2.18. The lowest BCUT2D eigenvalue weighted by atomic mass is 10.0. The first-order valence-electron chi connectivity index (χ1n) is 6.63. The van der Waals surface area contributed by atoms with Crippen LogP contribution in [0.2, 0.25) is 0 Å². The molecular weight excluding hydrogens is 232 g/mol. The van der Waals surface area contributed by atoms with E-state index in [1.165, 1.54) is 11.1 Å². The fourth-order valence-electron chi connectivity index (χ4n) is 2.11. The summed E-state index contributed by atoms with van der Waals surface area (Å²) in [5.41, 5.74) is 3.47. The van der Waals surface area contributed by atoms with Crippen LogP contribution in [-0.2, 0) is 0 Å². The first-order chi connectivity index (χ1) is 9.35. The van der Waals surface area contributed by atoms with Gasteiger partial charge in [0.1, 0.15) is 0 Å². The molecule has 2 rings (SSSR count). The van der Waals surface area contributed by atoms with E-state index in [9.17, 15) is 0 Å². The Morgan fingerprint density at radius 1 is 1.05 bits per heavy atom. The van der Waals surface area contributed by atoms with Gasteiger partial charge in [0, 0.05) is 17.3 Å². The Balaban J connectivity index is 2.29. The van der Waals surface area contributed by atoms with Gasteiger partial charge in [0.15, 0.2) is 0 Å². The van der Waals surface area contributed by atoms with Crippen molar-refractivity contribution in [3.05, 3.63) is 54.6 Å². The van der Waals surface area contributed by atoms with E-state index in [1.54, 1.807) is 0 Å². The molecule has 1 atom stereocenters. The van der Waals surface area contributed by atoms with Gasteiger partial charge >= 0.3 is 0 Å². The van der Waals surface area contributed by atoms with Crippen LogP contribution in [0.15, 0.2) is 54.6 Å². The van der Waals surface area contributed by atoms with Gasteiger partial charge in [-0.1, -0.05) is 55.5 Å². The first kappa shape index (κ1) is 13.2. The minimum atomic E-state index is 0.204.